The van der Waals surface area contributed by atoms with Gasteiger partial charge in [-0.2, -0.15) is 0 Å². The van der Waals surface area contributed by atoms with Gasteiger partial charge in [0.15, 0.2) is 0 Å². The van der Waals surface area contributed by atoms with Crippen molar-refractivity contribution in [3.63, 3.8) is 0 Å². The lowest BCUT2D eigenvalue weighted by Gasteiger charge is -2.32. The van der Waals surface area contributed by atoms with Crippen LogP contribution < -0.4 is 0 Å². The Labute approximate surface area is 150 Å². The lowest BCUT2D eigenvalue weighted by atomic mass is 9.89. The first kappa shape index (κ1) is 16.4. The molecule has 0 spiro atoms. The molecule has 0 unspecified atom stereocenters. The Morgan fingerprint density at radius 3 is 2.40 bits per heavy atom. The van der Waals surface area contributed by atoms with Gasteiger partial charge >= 0.3 is 0 Å². The topological polar surface area (TPSA) is 20.3 Å². The quantitative estimate of drug-likeness (QED) is 0.800. The van der Waals surface area contributed by atoms with E-state index in [-0.39, 0.29) is 5.91 Å². The van der Waals surface area contributed by atoms with Crippen LogP contribution >= 0.6 is 0 Å². The average molecular weight is 333 g/mol. The molecule has 0 atom stereocenters. The molecule has 2 nitrogen and oxygen atoms in total. The maximum absolute atomic E-state index is 12.9. The normalized spacial score (nSPS) is 18.0. The first-order valence-electron chi connectivity index (χ1n) is 9.74. The molecule has 1 amide bonds. The Morgan fingerprint density at radius 2 is 1.64 bits per heavy atom. The number of benzene rings is 2. The first-order chi connectivity index (χ1) is 12.3. The molecular weight excluding hydrogens is 306 g/mol. The molecule has 0 saturated carbocycles. The predicted octanol–water partition coefficient (Wildman–Crippen LogP) is 4.66. The van der Waals surface area contributed by atoms with Gasteiger partial charge in [0, 0.05) is 18.7 Å². The van der Waals surface area contributed by atoms with Crippen molar-refractivity contribution in [2.45, 2.75) is 44.9 Å². The molecule has 130 valence electrons. The molecular formula is C23H27NO. The lowest BCUT2D eigenvalue weighted by molar-refractivity contribution is 0.0690. The summed E-state index contributed by atoms with van der Waals surface area (Å²) in [5.41, 5.74) is 5.16. The van der Waals surface area contributed by atoms with E-state index in [0.717, 1.165) is 44.3 Å². The summed E-state index contributed by atoms with van der Waals surface area (Å²) in [5, 5.41) is 0. The minimum absolute atomic E-state index is 0.228. The maximum Gasteiger partial charge on any atom is 0.253 e. The van der Waals surface area contributed by atoms with Crippen molar-refractivity contribution in [3.05, 3.63) is 70.8 Å². The molecule has 0 aromatic heterocycles. The highest BCUT2D eigenvalue weighted by atomic mass is 16.2. The zero-order valence-corrected chi connectivity index (χ0v) is 14.9. The van der Waals surface area contributed by atoms with Gasteiger partial charge in [0.25, 0.3) is 5.91 Å². The fourth-order valence-electron chi connectivity index (χ4n) is 4.34. The van der Waals surface area contributed by atoms with Gasteiger partial charge in [0.2, 0.25) is 0 Å². The molecule has 0 N–H and O–H groups in total. The molecule has 0 bridgehead atoms. The number of hydrogen-bond donors (Lipinski definition) is 0. The second kappa shape index (κ2) is 7.43. The van der Waals surface area contributed by atoms with E-state index in [2.05, 4.69) is 47.4 Å². The van der Waals surface area contributed by atoms with Crippen LogP contribution in [0.3, 0.4) is 0 Å². The molecule has 1 saturated heterocycles. The Kier molecular flexibility index (Phi) is 4.87. The number of aryl methyl sites for hydroxylation is 2. The molecule has 2 heteroatoms. The van der Waals surface area contributed by atoms with E-state index in [0.29, 0.717) is 5.92 Å². The minimum atomic E-state index is 0.228. The van der Waals surface area contributed by atoms with Crippen molar-refractivity contribution >= 4 is 5.91 Å². The first-order valence-corrected chi connectivity index (χ1v) is 9.74. The second-order valence-electron chi connectivity index (χ2n) is 7.62. The highest BCUT2D eigenvalue weighted by Gasteiger charge is 2.24. The van der Waals surface area contributed by atoms with Crippen molar-refractivity contribution in [1.82, 2.24) is 4.90 Å². The van der Waals surface area contributed by atoms with Crippen LogP contribution in [0.2, 0.25) is 0 Å². The summed E-state index contributed by atoms with van der Waals surface area (Å²) in [6, 6.07) is 17.1. The fraction of sp³-hybridized carbons (Fsp3) is 0.435. The molecule has 2 aromatic carbocycles. The number of amides is 1. The Bertz CT molecular complexity index is 729. The molecule has 2 aromatic rings. The van der Waals surface area contributed by atoms with Crippen LogP contribution in [-0.4, -0.2) is 23.9 Å². The van der Waals surface area contributed by atoms with Crippen LogP contribution in [0.1, 0.15) is 52.7 Å². The summed E-state index contributed by atoms with van der Waals surface area (Å²) >= 11 is 0. The van der Waals surface area contributed by atoms with E-state index in [1.165, 1.54) is 36.0 Å². The van der Waals surface area contributed by atoms with Crippen molar-refractivity contribution in [2.75, 3.05) is 13.1 Å². The molecule has 0 radical (unpaired) electrons. The smallest absolute Gasteiger partial charge is 0.253 e. The van der Waals surface area contributed by atoms with E-state index in [9.17, 15) is 4.79 Å². The highest BCUT2D eigenvalue weighted by Crippen LogP contribution is 2.25. The monoisotopic (exact) mass is 333 g/mol. The van der Waals surface area contributed by atoms with E-state index in [1.807, 2.05) is 6.07 Å². The Hall–Kier alpha value is -2.09. The minimum Gasteiger partial charge on any atom is -0.339 e. The van der Waals surface area contributed by atoms with Crippen LogP contribution in [0.4, 0.5) is 0 Å². The van der Waals surface area contributed by atoms with E-state index in [4.69, 9.17) is 0 Å². The van der Waals surface area contributed by atoms with Gasteiger partial charge in [-0.1, -0.05) is 36.4 Å². The molecule has 1 fully saturated rings. The molecule has 1 aliphatic heterocycles. The number of rotatable bonds is 3. The van der Waals surface area contributed by atoms with Gasteiger partial charge in [-0.25, -0.2) is 0 Å². The number of piperidine rings is 1. The third-order valence-corrected chi connectivity index (χ3v) is 5.86. The van der Waals surface area contributed by atoms with Crippen molar-refractivity contribution < 1.29 is 4.79 Å². The third kappa shape index (κ3) is 3.78. The SMILES string of the molecule is O=C(c1ccc2c(c1)CCCC2)N1CCC(Cc2ccccc2)CC1. The predicted molar refractivity (Wildman–Crippen MR) is 102 cm³/mol. The van der Waals surface area contributed by atoms with Crippen LogP contribution in [0.25, 0.3) is 0 Å². The highest BCUT2D eigenvalue weighted by molar-refractivity contribution is 5.94. The fourth-order valence-corrected chi connectivity index (χ4v) is 4.34. The van der Waals surface area contributed by atoms with Crippen LogP contribution in [0.15, 0.2) is 48.5 Å². The number of likely N-dealkylation sites (tertiary alicyclic amines) is 1. The zero-order chi connectivity index (χ0) is 17.1. The van der Waals surface area contributed by atoms with Crippen LogP contribution in [-0.2, 0) is 19.3 Å². The van der Waals surface area contributed by atoms with E-state index < -0.39 is 0 Å². The molecule has 1 heterocycles. The third-order valence-electron chi connectivity index (χ3n) is 5.86. The van der Waals surface area contributed by atoms with Crippen molar-refractivity contribution in [3.8, 4) is 0 Å². The Balaban J connectivity index is 1.36. The van der Waals surface area contributed by atoms with Crippen molar-refractivity contribution in [2.24, 2.45) is 5.92 Å². The van der Waals surface area contributed by atoms with Crippen molar-refractivity contribution in [1.29, 1.82) is 0 Å². The average Bonchev–Trinajstić information content (AvgIpc) is 2.68. The summed E-state index contributed by atoms with van der Waals surface area (Å²) < 4.78 is 0. The van der Waals surface area contributed by atoms with Crippen LogP contribution in [0.5, 0.6) is 0 Å². The van der Waals surface area contributed by atoms with Gasteiger partial charge in [-0.15, -0.1) is 0 Å². The number of fused-ring (bicyclic) bond motifs is 1. The van der Waals surface area contributed by atoms with Gasteiger partial charge in [0.05, 0.1) is 0 Å². The van der Waals surface area contributed by atoms with E-state index >= 15 is 0 Å². The van der Waals surface area contributed by atoms with E-state index in [1.54, 1.807) is 0 Å². The largest absolute Gasteiger partial charge is 0.339 e. The molecule has 4 rings (SSSR count). The molecule has 1 aliphatic carbocycles. The second-order valence-corrected chi connectivity index (χ2v) is 7.62. The summed E-state index contributed by atoms with van der Waals surface area (Å²) in [4.78, 5) is 14.9. The van der Waals surface area contributed by atoms with Crippen LogP contribution in [0, 0.1) is 5.92 Å². The Morgan fingerprint density at radius 1 is 0.920 bits per heavy atom. The summed E-state index contributed by atoms with van der Waals surface area (Å²) in [6.45, 7) is 1.79. The maximum atomic E-state index is 12.9. The zero-order valence-electron chi connectivity index (χ0n) is 14.9. The lowest BCUT2D eigenvalue weighted by Crippen LogP contribution is -2.39. The number of hydrogen-bond acceptors (Lipinski definition) is 1. The molecule has 2 aliphatic rings. The van der Waals surface area contributed by atoms with Gasteiger partial charge in [-0.3, -0.25) is 4.79 Å². The summed E-state index contributed by atoms with van der Waals surface area (Å²) in [6.07, 6.45) is 8.23. The van der Waals surface area contributed by atoms with Gasteiger partial charge in [-0.05, 0) is 79.7 Å². The summed E-state index contributed by atoms with van der Waals surface area (Å²) in [7, 11) is 0. The molecule has 25 heavy (non-hydrogen) atoms. The standard InChI is InChI=1S/C23H27NO/c25-23(22-11-10-20-8-4-5-9-21(20)17-22)24-14-12-19(13-15-24)16-18-6-2-1-3-7-18/h1-3,6-7,10-11,17,19H,4-5,8-9,12-16H2. The number of carbonyl (C=O) groups is 1. The van der Waals surface area contributed by atoms with Gasteiger partial charge < -0.3 is 4.90 Å². The number of nitrogens with zero attached hydrogens (tertiary/aromatic N) is 1. The summed E-state index contributed by atoms with van der Waals surface area (Å²) in [5.74, 6) is 0.932. The van der Waals surface area contributed by atoms with Gasteiger partial charge in [0.1, 0.15) is 0 Å². The number of carbonyl (C=O) groups excluding carboxylic acids is 1.